The van der Waals surface area contributed by atoms with Crippen LogP contribution < -0.4 is 15.0 Å². The minimum absolute atomic E-state index is 0.0122. The highest BCUT2D eigenvalue weighted by molar-refractivity contribution is 5.96. The Labute approximate surface area is 166 Å². The molecule has 0 saturated carbocycles. The lowest BCUT2D eigenvalue weighted by molar-refractivity contribution is -0.126. The fourth-order valence-corrected chi connectivity index (χ4v) is 3.55. The summed E-state index contributed by atoms with van der Waals surface area (Å²) in [7, 11) is 1.61. The molecule has 0 radical (unpaired) electrons. The van der Waals surface area contributed by atoms with E-state index in [0.29, 0.717) is 13.1 Å². The van der Waals surface area contributed by atoms with Crippen molar-refractivity contribution in [3.05, 3.63) is 60.2 Å². The molecule has 2 aromatic carbocycles. The third-order valence-corrected chi connectivity index (χ3v) is 4.95. The second kappa shape index (κ2) is 9.37. The van der Waals surface area contributed by atoms with Crippen molar-refractivity contribution in [3.8, 4) is 5.75 Å². The van der Waals surface area contributed by atoms with E-state index >= 15 is 0 Å². The summed E-state index contributed by atoms with van der Waals surface area (Å²) in [6.07, 6.45) is 0.772. The molecular formula is C22H27N3O3. The molecule has 1 saturated heterocycles. The molecule has 2 amide bonds. The molecule has 1 aliphatic heterocycles. The number of likely N-dealkylation sites (N-methyl/N-ethyl adjacent to an activating group) is 1. The van der Waals surface area contributed by atoms with Crippen LogP contribution in [-0.2, 0) is 16.0 Å². The quantitative estimate of drug-likeness (QED) is 0.798. The van der Waals surface area contributed by atoms with Gasteiger partial charge in [0.25, 0.3) is 0 Å². The van der Waals surface area contributed by atoms with E-state index in [4.69, 9.17) is 4.74 Å². The number of hydrogen-bond acceptors (Lipinski definition) is 4. The molecule has 1 atom stereocenters. The number of methoxy groups -OCH3 is 1. The van der Waals surface area contributed by atoms with E-state index in [1.165, 1.54) is 5.56 Å². The average molecular weight is 381 g/mol. The normalized spacial score (nSPS) is 17.4. The summed E-state index contributed by atoms with van der Waals surface area (Å²) in [5.41, 5.74) is 2.01. The molecule has 2 aromatic rings. The van der Waals surface area contributed by atoms with Gasteiger partial charge in [-0.15, -0.1) is 0 Å². The number of hydrogen-bond donors (Lipinski definition) is 1. The summed E-state index contributed by atoms with van der Waals surface area (Å²) >= 11 is 0. The van der Waals surface area contributed by atoms with Crippen molar-refractivity contribution in [2.75, 3.05) is 38.2 Å². The number of anilines is 1. The van der Waals surface area contributed by atoms with Crippen molar-refractivity contribution < 1.29 is 14.3 Å². The maximum absolute atomic E-state index is 12.9. The maximum Gasteiger partial charge on any atom is 0.241 e. The van der Waals surface area contributed by atoms with E-state index < -0.39 is 0 Å². The van der Waals surface area contributed by atoms with E-state index in [0.717, 1.165) is 17.9 Å². The Balaban J connectivity index is 1.82. The van der Waals surface area contributed by atoms with E-state index in [1.807, 2.05) is 54.3 Å². The van der Waals surface area contributed by atoms with Crippen LogP contribution in [0.2, 0.25) is 0 Å². The van der Waals surface area contributed by atoms with Gasteiger partial charge in [-0.05, 0) is 31.0 Å². The molecule has 1 fully saturated rings. The number of piperazine rings is 1. The third kappa shape index (κ3) is 4.89. The van der Waals surface area contributed by atoms with Gasteiger partial charge in [0.2, 0.25) is 11.8 Å². The largest absolute Gasteiger partial charge is 0.497 e. The molecule has 1 N–H and O–H groups in total. The van der Waals surface area contributed by atoms with E-state index in [-0.39, 0.29) is 30.9 Å². The number of ether oxygens (including phenoxy) is 1. The second-order valence-corrected chi connectivity index (χ2v) is 6.91. The first-order chi connectivity index (χ1) is 13.6. The average Bonchev–Trinajstić information content (AvgIpc) is 2.71. The van der Waals surface area contributed by atoms with Crippen molar-refractivity contribution in [2.24, 2.45) is 0 Å². The lowest BCUT2D eigenvalue weighted by Crippen LogP contribution is -2.59. The van der Waals surface area contributed by atoms with E-state index in [1.54, 1.807) is 12.0 Å². The topological polar surface area (TPSA) is 61.9 Å². The zero-order chi connectivity index (χ0) is 19.9. The van der Waals surface area contributed by atoms with Crippen LogP contribution in [0.3, 0.4) is 0 Å². The van der Waals surface area contributed by atoms with Crippen LogP contribution in [0.5, 0.6) is 5.75 Å². The number of carbonyl (C=O) groups excluding carboxylic acids is 2. The van der Waals surface area contributed by atoms with Crippen molar-refractivity contribution in [1.29, 1.82) is 0 Å². The zero-order valence-electron chi connectivity index (χ0n) is 16.4. The van der Waals surface area contributed by atoms with Crippen LogP contribution in [0.4, 0.5) is 5.69 Å². The minimum Gasteiger partial charge on any atom is -0.497 e. The second-order valence-electron chi connectivity index (χ2n) is 6.91. The molecule has 0 bridgehead atoms. The van der Waals surface area contributed by atoms with Gasteiger partial charge in [0.05, 0.1) is 20.2 Å². The molecule has 0 aromatic heterocycles. The molecule has 6 heteroatoms. The summed E-state index contributed by atoms with van der Waals surface area (Å²) in [5, 5.41) is 2.83. The van der Waals surface area contributed by atoms with Gasteiger partial charge in [-0.25, -0.2) is 0 Å². The standard InChI is InChI=1S/C22H27N3O3/c1-3-23-21(26)15-24-16-22(27)25(18-10-7-11-20(13-18)28-2)14-19(24)12-17-8-5-4-6-9-17/h4-11,13,19H,3,12,14-16H2,1-2H3,(H,23,26)/t19-/m1/s1. The first-order valence-corrected chi connectivity index (χ1v) is 9.59. The van der Waals surface area contributed by atoms with Crippen LogP contribution in [0.15, 0.2) is 54.6 Å². The van der Waals surface area contributed by atoms with Crippen LogP contribution >= 0.6 is 0 Å². The molecular weight excluding hydrogens is 354 g/mol. The number of nitrogens with zero attached hydrogens (tertiary/aromatic N) is 2. The molecule has 1 aliphatic rings. The summed E-state index contributed by atoms with van der Waals surface area (Å²) in [6, 6.07) is 17.8. The van der Waals surface area contributed by atoms with Gasteiger partial charge in [0.1, 0.15) is 5.75 Å². The van der Waals surface area contributed by atoms with Crippen LogP contribution in [-0.4, -0.2) is 56.0 Å². The summed E-state index contributed by atoms with van der Waals surface area (Å²) in [5.74, 6) is 0.653. The monoisotopic (exact) mass is 381 g/mol. The first-order valence-electron chi connectivity index (χ1n) is 9.59. The van der Waals surface area contributed by atoms with Crippen LogP contribution in [0.25, 0.3) is 0 Å². The number of nitrogens with one attached hydrogen (secondary N) is 1. The third-order valence-electron chi connectivity index (χ3n) is 4.95. The van der Waals surface area contributed by atoms with Gasteiger partial charge < -0.3 is 15.0 Å². The van der Waals surface area contributed by atoms with Crippen molar-refractivity contribution in [1.82, 2.24) is 10.2 Å². The van der Waals surface area contributed by atoms with Gasteiger partial charge in [-0.2, -0.15) is 0 Å². The fraction of sp³-hybridized carbons (Fsp3) is 0.364. The molecule has 0 spiro atoms. The Hall–Kier alpha value is -2.86. The Morgan fingerprint density at radius 1 is 1.18 bits per heavy atom. The number of benzene rings is 2. The van der Waals surface area contributed by atoms with Gasteiger partial charge in [0, 0.05) is 30.9 Å². The smallest absolute Gasteiger partial charge is 0.241 e. The van der Waals surface area contributed by atoms with Crippen LogP contribution in [0, 0.1) is 0 Å². The Bertz CT molecular complexity index is 810. The highest BCUT2D eigenvalue weighted by Crippen LogP contribution is 2.25. The van der Waals surface area contributed by atoms with E-state index in [2.05, 4.69) is 17.4 Å². The fourth-order valence-electron chi connectivity index (χ4n) is 3.55. The maximum atomic E-state index is 12.9. The SMILES string of the molecule is CCNC(=O)CN1CC(=O)N(c2cccc(OC)c2)C[C@H]1Cc1ccccc1. The zero-order valence-corrected chi connectivity index (χ0v) is 16.4. The molecule has 1 heterocycles. The Kier molecular flexibility index (Phi) is 6.66. The Morgan fingerprint density at radius 3 is 2.68 bits per heavy atom. The molecule has 3 rings (SSSR count). The number of amides is 2. The molecule has 28 heavy (non-hydrogen) atoms. The van der Waals surface area contributed by atoms with E-state index in [9.17, 15) is 9.59 Å². The van der Waals surface area contributed by atoms with Gasteiger partial charge >= 0.3 is 0 Å². The minimum atomic E-state index is -0.0526. The van der Waals surface area contributed by atoms with Crippen LogP contribution in [0.1, 0.15) is 12.5 Å². The van der Waals surface area contributed by atoms with Gasteiger partial charge in [0.15, 0.2) is 0 Å². The first kappa shape index (κ1) is 19.9. The predicted octanol–water partition coefficient (Wildman–Crippen LogP) is 2.09. The summed E-state index contributed by atoms with van der Waals surface area (Å²) in [6.45, 7) is 3.44. The number of carbonyl (C=O) groups is 2. The molecule has 0 unspecified atom stereocenters. The van der Waals surface area contributed by atoms with Gasteiger partial charge in [-0.1, -0.05) is 36.4 Å². The number of rotatable bonds is 7. The summed E-state index contributed by atoms with van der Waals surface area (Å²) < 4.78 is 5.30. The molecule has 6 nitrogen and oxygen atoms in total. The molecule has 148 valence electrons. The highest BCUT2D eigenvalue weighted by Gasteiger charge is 2.34. The van der Waals surface area contributed by atoms with Crippen molar-refractivity contribution in [2.45, 2.75) is 19.4 Å². The Morgan fingerprint density at radius 2 is 1.96 bits per heavy atom. The lowest BCUT2D eigenvalue weighted by Gasteiger charge is -2.40. The summed E-state index contributed by atoms with van der Waals surface area (Å²) in [4.78, 5) is 28.8. The molecule has 0 aliphatic carbocycles. The lowest BCUT2D eigenvalue weighted by atomic mass is 10.0. The predicted molar refractivity (Wildman–Crippen MR) is 110 cm³/mol. The van der Waals surface area contributed by atoms with Crippen molar-refractivity contribution in [3.63, 3.8) is 0 Å². The highest BCUT2D eigenvalue weighted by atomic mass is 16.5. The van der Waals surface area contributed by atoms with Crippen molar-refractivity contribution >= 4 is 17.5 Å². The van der Waals surface area contributed by atoms with Gasteiger partial charge in [-0.3, -0.25) is 14.5 Å².